The van der Waals surface area contributed by atoms with Crippen LogP contribution < -0.4 is 0 Å². The van der Waals surface area contributed by atoms with Crippen molar-refractivity contribution in [3.05, 3.63) is 35.4 Å². The monoisotopic (exact) mass is 227 g/mol. The molecule has 1 aliphatic rings. The Kier molecular flexibility index (Phi) is 4.23. The third-order valence-corrected chi connectivity index (χ3v) is 3.21. The molecule has 1 heterocycles. The Morgan fingerprint density at radius 3 is 2.24 bits per heavy atom. The SMILES string of the molecule is CC(C)C#CCN1CCc2ccccc2CC1. The summed E-state index contributed by atoms with van der Waals surface area (Å²) < 4.78 is 0. The van der Waals surface area contributed by atoms with Crippen LogP contribution in [-0.2, 0) is 12.8 Å². The van der Waals surface area contributed by atoms with Gasteiger partial charge in [-0.3, -0.25) is 4.90 Å². The zero-order valence-electron chi connectivity index (χ0n) is 10.9. The average molecular weight is 227 g/mol. The van der Waals surface area contributed by atoms with Crippen LogP contribution >= 0.6 is 0 Å². The Labute approximate surface area is 105 Å². The van der Waals surface area contributed by atoms with Crippen molar-refractivity contribution in [2.45, 2.75) is 26.7 Å². The number of benzene rings is 1. The minimum Gasteiger partial charge on any atom is -0.292 e. The van der Waals surface area contributed by atoms with Gasteiger partial charge in [0, 0.05) is 19.0 Å². The first kappa shape index (κ1) is 12.2. The van der Waals surface area contributed by atoms with Gasteiger partial charge in [-0.2, -0.15) is 0 Å². The van der Waals surface area contributed by atoms with E-state index in [-0.39, 0.29) is 0 Å². The average Bonchev–Trinajstić information content (AvgIpc) is 2.52. The summed E-state index contributed by atoms with van der Waals surface area (Å²) in [5.41, 5.74) is 3.04. The molecular formula is C16H21N. The molecule has 2 rings (SSSR count). The largest absolute Gasteiger partial charge is 0.292 e. The molecule has 1 aromatic rings. The maximum Gasteiger partial charge on any atom is 0.0601 e. The van der Waals surface area contributed by atoms with E-state index in [0.29, 0.717) is 5.92 Å². The Bertz CT molecular complexity index is 396. The standard InChI is InChI=1S/C16H21N/c1-14(2)6-5-11-17-12-9-15-7-3-4-8-16(15)10-13-17/h3-4,7-8,14H,9-13H2,1-2H3. The molecule has 0 radical (unpaired) electrons. The highest BCUT2D eigenvalue weighted by Gasteiger charge is 2.11. The summed E-state index contributed by atoms with van der Waals surface area (Å²) in [7, 11) is 0. The molecule has 90 valence electrons. The fraction of sp³-hybridized carbons (Fsp3) is 0.500. The highest BCUT2D eigenvalue weighted by Crippen LogP contribution is 2.14. The highest BCUT2D eigenvalue weighted by molar-refractivity contribution is 5.28. The fourth-order valence-corrected chi connectivity index (χ4v) is 2.23. The van der Waals surface area contributed by atoms with E-state index in [9.17, 15) is 0 Å². The number of rotatable bonds is 1. The quantitative estimate of drug-likeness (QED) is 0.667. The Morgan fingerprint density at radius 1 is 1.12 bits per heavy atom. The maximum absolute atomic E-state index is 3.29. The molecule has 0 aromatic heterocycles. The van der Waals surface area contributed by atoms with E-state index < -0.39 is 0 Å². The smallest absolute Gasteiger partial charge is 0.0601 e. The van der Waals surface area contributed by atoms with E-state index in [2.05, 4.69) is 54.9 Å². The minimum absolute atomic E-state index is 0.485. The van der Waals surface area contributed by atoms with E-state index in [1.54, 1.807) is 0 Å². The first-order valence-corrected chi connectivity index (χ1v) is 6.53. The highest BCUT2D eigenvalue weighted by atomic mass is 15.1. The molecule has 0 amide bonds. The third-order valence-electron chi connectivity index (χ3n) is 3.21. The van der Waals surface area contributed by atoms with Gasteiger partial charge in [-0.05, 0) is 24.0 Å². The lowest BCUT2D eigenvalue weighted by atomic mass is 10.0. The summed E-state index contributed by atoms with van der Waals surface area (Å²) in [6.45, 7) is 7.50. The maximum atomic E-state index is 3.29. The first-order valence-electron chi connectivity index (χ1n) is 6.53. The molecule has 0 atom stereocenters. The van der Waals surface area contributed by atoms with Crippen LogP contribution in [0, 0.1) is 17.8 Å². The van der Waals surface area contributed by atoms with Crippen molar-refractivity contribution in [2.75, 3.05) is 19.6 Å². The second kappa shape index (κ2) is 5.89. The van der Waals surface area contributed by atoms with Gasteiger partial charge < -0.3 is 0 Å². The Hall–Kier alpha value is -1.26. The van der Waals surface area contributed by atoms with Gasteiger partial charge >= 0.3 is 0 Å². The van der Waals surface area contributed by atoms with Crippen molar-refractivity contribution < 1.29 is 0 Å². The van der Waals surface area contributed by atoms with Gasteiger partial charge in [0.1, 0.15) is 0 Å². The Morgan fingerprint density at radius 2 is 1.71 bits per heavy atom. The lowest BCUT2D eigenvalue weighted by Crippen LogP contribution is -2.26. The van der Waals surface area contributed by atoms with Crippen LogP contribution in [0.4, 0.5) is 0 Å². The van der Waals surface area contributed by atoms with Crippen molar-refractivity contribution in [3.8, 4) is 11.8 Å². The lowest BCUT2D eigenvalue weighted by molar-refractivity contribution is 0.323. The molecule has 0 aliphatic carbocycles. The van der Waals surface area contributed by atoms with Gasteiger partial charge in [-0.15, -0.1) is 0 Å². The summed E-state index contributed by atoms with van der Waals surface area (Å²) in [5, 5.41) is 0. The summed E-state index contributed by atoms with van der Waals surface area (Å²) in [6.07, 6.45) is 2.33. The van der Waals surface area contributed by atoms with E-state index >= 15 is 0 Å². The predicted molar refractivity (Wildman–Crippen MR) is 72.9 cm³/mol. The molecule has 1 nitrogen and oxygen atoms in total. The van der Waals surface area contributed by atoms with Gasteiger partial charge in [0.25, 0.3) is 0 Å². The van der Waals surface area contributed by atoms with E-state index in [0.717, 1.165) is 19.6 Å². The second-order valence-corrected chi connectivity index (χ2v) is 5.02. The van der Waals surface area contributed by atoms with Crippen LogP contribution in [0.2, 0.25) is 0 Å². The van der Waals surface area contributed by atoms with E-state index in [1.165, 1.54) is 24.0 Å². The van der Waals surface area contributed by atoms with Crippen LogP contribution in [0.3, 0.4) is 0 Å². The normalized spacial score (nSPS) is 15.9. The summed E-state index contributed by atoms with van der Waals surface area (Å²) >= 11 is 0. The molecule has 0 saturated carbocycles. The molecule has 0 N–H and O–H groups in total. The van der Waals surface area contributed by atoms with Crippen LogP contribution in [0.15, 0.2) is 24.3 Å². The van der Waals surface area contributed by atoms with Gasteiger partial charge in [0.2, 0.25) is 0 Å². The van der Waals surface area contributed by atoms with E-state index in [4.69, 9.17) is 0 Å². The number of hydrogen-bond donors (Lipinski definition) is 0. The van der Waals surface area contributed by atoms with Crippen molar-refractivity contribution in [3.63, 3.8) is 0 Å². The van der Waals surface area contributed by atoms with Crippen LogP contribution in [0.1, 0.15) is 25.0 Å². The molecule has 0 fully saturated rings. The summed E-state index contributed by atoms with van der Waals surface area (Å²) in [5.74, 6) is 7.01. The Balaban J connectivity index is 1.94. The molecular weight excluding hydrogens is 206 g/mol. The molecule has 0 bridgehead atoms. The molecule has 1 aromatic carbocycles. The van der Waals surface area contributed by atoms with Crippen molar-refractivity contribution >= 4 is 0 Å². The zero-order chi connectivity index (χ0) is 12.1. The molecule has 0 unspecified atom stereocenters. The van der Waals surface area contributed by atoms with Gasteiger partial charge in [-0.1, -0.05) is 50.0 Å². The minimum atomic E-state index is 0.485. The van der Waals surface area contributed by atoms with Crippen LogP contribution in [0.25, 0.3) is 0 Å². The van der Waals surface area contributed by atoms with Crippen LogP contribution in [-0.4, -0.2) is 24.5 Å². The van der Waals surface area contributed by atoms with Gasteiger partial charge in [0.15, 0.2) is 0 Å². The predicted octanol–water partition coefficient (Wildman–Crippen LogP) is 2.75. The summed E-state index contributed by atoms with van der Waals surface area (Å²) in [4.78, 5) is 2.47. The van der Waals surface area contributed by atoms with Gasteiger partial charge in [0.05, 0.1) is 6.54 Å². The lowest BCUT2D eigenvalue weighted by Gasteiger charge is -2.15. The van der Waals surface area contributed by atoms with Crippen molar-refractivity contribution in [1.29, 1.82) is 0 Å². The second-order valence-electron chi connectivity index (χ2n) is 5.02. The number of fused-ring (bicyclic) bond motifs is 1. The van der Waals surface area contributed by atoms with Crippen molar-refractivity contribution in [2.24, 2.45) is 5.92 Å². The van der Waals surface area contributed by atoms with Gasteiger partial charge in [-0.25, -0.2) is 0 Å². The summed E-state index contributed by atoms with van der Waals surface area (Å²) in [6, 6.07) is 8.82. The molecule has 1 aliphatic heterocycles. The topological polar surface area (TPSA) is 3.24 Å². The molecule has 0 spiro atoms. The number of hydrogen-bond acceptors (Lipinski definition) is 1. The van der Waals surface area contributed by atoms with Crippen molar-refractivity contribution in [1.82, 2.24) is 4.90 Å². The van der Waals surface area contributed by atoms with E-state index in [1.807, 2.05) is 0 Å². The zero-order valence-corrected chi connectivity index (χ0v) is 10.9. The first-order chi connectivity index (χ1) is 8.25. The van der Waals surface area contributed by atoms with Crippen LogP contribution in [0.5, 0.6) is 0 Å². The number of nitrogens with zero attached hydrogens (tertiary/aromatic N) is 1. The molecule has 1 heteroatoms. The molecule has 17 heavy (non-hydrogen) atoms. The third kappa shape index (κ3) is 3.61. The molecule has 0 saturated heterocycles. The fourth-order valence-electron chi connectivity index (χ4n) is 2.23.